The predicted octanol–water partition coefficient (Wildman–Crippen LogP) is 1.63. The van der Waals surface area contributed by atoms with E-state index in [9.17, 15) is 0 Å². The van der Waals surface area contributed by atoms with Crippen molar-refractivity contribution in [1.29, 1.82) is 0 Å². The van der Waals surface area contributed by atoms with Crippen LogP contribution >= 0.6 is 0 Å². The van der Waals surface area contributed by atoms with Crippen LogP contribution in [-0.2, 0) is 6.42 Å². The summed E-state index contributed by atoms with van der Waals surface area (Å²) in [5, 5.41) is 2.30. The summed E-state index contributed by atoms with van der Waals surface area (Å²) in [4.78, 5) is 0. The first kappa shape index (κ1) is 13.0. The van der Waals surface area contributed by atoms with Gasteiger partial charge in [0.2, 0.25) is 0 Å². The Labute approximate surface area is 119 Å². The van der Waals surface area contributed by atoms with E-state index in [1.807, 2.05) is 24.3 Å². The Morgan fingerprint density at radius 1 is 0.950 bits per heavy atom. The van der Waals surface area contributed by atoms with E-state index in [2.05, 4.69) is 35.6 Å². The minimum Gasteiger partial charge on any atom is -0.486 e. The van der Waals surface area contributed by atoms with Gasteiger partial charge in [0.25, 0.3) is 0 Å². The molecule has 0 unspecified atom stereocenters. The molecule has 0 bridgehead atoms. The summed E-state index contributed by atoms with van der Waals surface area (Å²) in [5.74, 6) is 1.72. The standard InChI is InChI=1S/C17H19NO2/c1-2-6-14(7-3-1)10-11-18-12-15-13-19-16-8-4-5-9-17(16)20-15/h1-9,15,18H,10-13H2/p+1/t15-/m1/s1. The first-order valence-corrected chi connectivity index (χ1v) is 7.16. The molecule has 1 heterocycles. The molecule has 0 aliphatic carbocycles. The second kappa shape index (κ2) is 6.44. The van der Waals surface area contributed by atoms with Crippen LogP contribution in [0.2, 0.25) is 0 Å². The fourth-order valence-electron chi connectivity index (χ4n) is 2.40. The summed E-state index contributed by atoms with van der Waals surface area (Å²) in [6, 6.07) is 18.4. The van der Waals surface area contributed by atoms with Crippen molar-refractivity contribution in [3.05, 3.63) is 60.2 Å². The Bertz CT molecular complexity index is 542. The molecule has 2 aromatic carbocycles. The van der Waals surface area contributed by atoms with E-state index in [1.54, 1.807) is 0 Å². The maximum atomic E-state index is 5.93. The van der Waals surface area contributed by atoms with Crippen LogP contribution in [0.15, 0.2) is 54.6 Å². The molecule has 3 heteroatoms. The summed E-state index contributed by atoms with van der Waals surface area (Å²) >= 11 is 0. The van der Waals surface area contributed by atoms with Crippen molar-refractivity contribution in [2.24, 2.45) is 0 Å². The summed E-state index contributed by atoms with van der Waals surface area (Å²) in [7, 11) is 0. The van der Waals surface area contributed by atoms with Gasteiger partial charge in [-0.05, 0) is 17.7 Å². The highest BCUT2D eigenvalue weighted by atomic mass is 16.6. The SMILES string of the molecule is c1ccc(CC[NH2+]C[C@@H]2COc3ccccc3O2)cc1. The molecule has 0 fully saturated rings. The van der Waals surface area contributed by atoms with Gasteiger partial charge in [-0.1, -0.05) is 42.5 Å². The number of nitrogens with two attached hydrogens (primary N) is 1. The molecule has 0 aromatic heterocycles. The molecule has 0 saturated heterocycles. The van der Waals surface area contributed by atoms with Gasteiger partial charge >= 0.3 is 0 Å². The van der Waals surface area contributed by atoms with Crippen LogP contribution in [0.25, 0.3) is 0 Å². The molecular formula is C17H20NO2+. The maximum absolute atomic E-state index is 5.93. The van der Waals surface area contributed by atoms with Crippen LogP contribution < -0.4 is 14.8 Å². The Morgan fingerprint density at radius 2 is 1.70 bits per heavy atom. The van der Waals surface area contributed by atoms with Gasteiger partial charge in [-0.2, -0.15) is 0 Å². The molecule has 0 amide bonds. The first-order valence-electron chi connectivity index (χ1n) is 7.16. The molecule has 20 heavy (non-hydrogen) atoms. The van der Waals surface area contributed by atoms with Gasteiger partial charge < -0.3 is 14.8 Å². The second-order valence-electron chi connectivity index (χ2n) is 5.05. The zero-order valence-corrected chi connectivity index (χ0v) is 11.5. The lowest BCUT2D eigenvalue weighted by Crippen LogP contribution is -2.87. The van der Waals surface area contributed by atoms with Crippen molar-refractivity contribution < 1.29 is 14.8 Å². The highest BCUT2D eigenvalue weighted by Gasteiger charge is 2.21. The van der Waals surface area contributed by atoms with Crippen LogP contribution in [0.1, 0.15) is 5.56 Å². The molecule has 1 atom stereocenters. The molecule has 3 rings (SSSR count). The summed E-state index contributed by atoms with van der Waals surface area (Å²) < 4.78 is 11.6. The summed E-state index contributed by atoms with van der Waals surface area (Å²) in [5.41, 5.74) is 1.38. The highest BCUT2D eigenvalue weighted by molar-refractivity contribution is 5.40. The number of para-hydroxylation sites is 2. The maximum Gasteiger partial charge on any atom is 0.181 e. The lowest BCUT2D eigenvalue weighted by atomic mass is 10.1. The lowest BCUT2D eigenvalue weighted by molar-refractivity contribution is -0.660. The Morgan fingerprint density at radius 3 is 2.55 bits per heavy atom. The number of benzene rings is 2. The zero-order chi connectivity index (χ0) is 13.6. The number of ether oxygens (including phenoxy) is 2. The molecule has 0 spiro atoms. The van der Waals surface area contributed by atoms with E-state index in [0.717, 1.165) is 31.0 Å². The average Bonchev–Trinajstić information content (AvgIpc) is 2.52. The summed E-state index contributed by atoms with van der Waals surface area (Å²) in [6.45, 7) is 2.64. The molecule has 0 saturated carbocycles. The van der Waals surface area contributed by atoms with Crippen molar-refractivity contribution in [2.45, 2.75) is 12.5 Å². The van der Waals surface area contributed by atoms with Crippen LogP contribution in [0.4, 0.5) is 0 Å². The van der Waals surface area contributed by atoms with E-state index in [0.29, 0.717) is 6.61 Å². The van der Waals surface area contributed by atoms with Gasteiger partial charge in [-0.15, -0.1) is 0 Å². The molecule has 104 valence electrons. The number of quaternary nitrogens is 1. The largest absolute Gasteiger partial charge is 0.486 e. The minimum atomic E-state index is 0.140. The van der Waals surface area contributed by atoms with Gasteiger partial charge in [0.05, 0.1) is 6.54 Å². The second-order valence-corrected chi connectivity index (χ2v) is 5.05. The first-order chi connectivity index (χ1) is 9.92. The third-order valence-electron chi connectivity index (χ3n) is 3.48. The molecule has 2 N–H and O–H groups in total. The Balaban J connectivity index is 1.42. The van der Waals surface area contributed by atoms with Crippen LogP contribution in [0.3, 0.4) is 0 Å². The number of hydrogen-bond donors (Lipinski definition) is 1. The molecule has 1 aliphatic rings. The van der Waals surface area contributed by atoms with E-state index < -0.39 is 0 Å². The summed E-state index contributed by atoms with van der Waals surface area (Å²) in [6.07, 6.45) is 1.23. The van der Waals surface area contributed by atoms with Gasteiger partial charge in [-0.25, -0.2) is 0 Å². The van der Waals surface area contributed by atoms with Gasteiger partial charge in [0, 0.05) is 6.42 Å². The van der Waals surface area contributed by atoms with E-state index in [-0.39, 0.29) is 6.10 Å². The zero-order valence-electron chi connectivity index (χ0n) is 11.5. The van der Waals surface area contributed by atoms with Gasteiger partial charge in [0.1, 0.15) is 13.2 Å². The molecule has 0 radical (unpaired) electrons. The molecule has 1 aliphatic heterocycles. The predicted molar refractivity (Wildman–Crippen MR) is 78.2 cm³/mol. The Hall–Kier alpha value is -2.00. The van der Waals surface area contributed by atoms with Gasteiger partial charge in [0.15, 0.2) is 17.6 Å². The van der Waals surface area contributed by atoms with Crippen molar-refractivity contribution >= 4 is 0 Å². The van der Waals surface area contributed by atoms with E-state index in [1.165, 1.54) is 5.56 Å². The average molecular weight is 270 g/mol. The minimum absolute atomic E-state index is 0.140. The van der Waals surface area contributed by atoms with Crippen LogP contribution in [0, 0.1) is 0 Å². The van der Waals surface area contributed by atoms with Crippen molar-refractivity contribution in [1.82, 2.24) is 0 Å². The number of hydrogen-bond acceptors (Lipinski definition) is 2. The molecule has 3 nitrogen and oxygen atoms in total. The van der Waals surface area contributed by atoms with E-state index >= 15 is 0 Å². The van der Waals surface area contributed by atoms with Crippen LogP contribution in [0.5, 0.6) is 11.5 Å². The topological polar surface area (TPSA) is 35.1 Å². The third kappa shape index (κ3) is 3.31. The van der Waals surface area contributed by atoms with E-state index in [4.69, 9.17) is 9.47 Å². The number of fused-ring (bicyclic) bond motifs is 1. The normalized spacial score (nSPS) is 16.9. The Kier molecular flexibility index (Phi) is 4.19. The number of rotatable bonds is 5. The molecular weight excluding hydrogens is 250 g/mol. The highest BCUT2D eigenvalue weighted by Crippen LogP contribution is 2.30. The fourth-order valence-corrected chi connectivity index (χ4v) is 2.40. The van der Waals surface area contributed by atoms with Crippen molar-refractivity contribution in [3.63, 3.8) is 0 Å². The third-order valence-corrected chi connectivity index (χ3v) is 3.48. The monoisotopic (exact) mass is 270 g/mol. The van der Waals surface area contributed by atoms with Crippen LogP contribution in [-0.4, -0.2) is 25.8 Å². The quantitative estimate of drug-likeness (QED) is 0.838. The van der Waals surface area contributed by atoms with Crippen molar-refractivity contribution in [2.75, 3.05) is 19.7 Å². The van der Waals surface area contributed by atoms with Crippen molar-refractivity contribution in [3.8, 4) is 11.5 Å². The van der Waals surface area contributed by atoms with Gasteiger partial charge in [-0.3, -0.25) is 0 Å². The lowest BCUT2D eigenvalue weighted by Gasteiger charge is -2.25. The molecule has 2 aromatic rings. The smallest absolute Gasteiger partial charge is 0.181 e. The fraction of sp³-hybridized carbons (Fsp3) is 0.294.